The number of hydrogen-bond acceptors (Lipinski definition) is 6. The SMILES string of the molecule is Cc1cc(C)c(SN2Cc3ccc(-c4cccc(S(C)(=O)=O)c4)cc3CC2C(=O)NCc2cccc(C#N)c2)c(C)c1. The Labute approximate surface area is 252 Å². The summed E-state index contributed by atoms with van der Waals surface area (Å²) in [6.07, 6.45) is 1.72. The third-order valence-corrected chi connectivity index (χ3v) is 10.1. The van der Waals surface area contributed by atoms with Gasteiger partial charge >= 0.3 is 0 Å². The molecule has 0 bridgehead atoms. The highest BCUT2D eigenvalue weighted by Crippen LogP contribution is 2.38. The average Bonchev–Trinajstić information content (AvgIpc) is 2.96. The molecule has 1 unspecified atom stereocenters. The van der Waals surface area contributed by atoms with Crippen molar-refractivity contribution in [2.75, 3.05) is 6.26 Å². The Kier molecular flexibility index (Phi) is 8.55. The van der Waals surface area contributed by atoms with E-state index in [0.717, 1.165) is 32.7 Å². The van der Waals surface area contributed by atoms with E-state index in [9.17, 15) is 18.5 Å². The fourth-order valence-electron chi connectivity index (χ4n) is 5.45. The lowest BCUT2D eigenvalue weighted by Crippen LogP contribution is -2.47. The molecule has 4 aromatic carbocycles. The van der Waals surface area contributed by atoms with Crippen LogP contribution in [-0.2, 0) is 34.1 Å². The van der Waals surface area contributed by atoms with Crippen molar-refractivity contribution in [1.82, 2.24) is 9.62 Å². The lowest BCUT2D eigenvalue weighted by Gasteiger charge is -2.36. The predicted molar refractivity (Wildman–Crippen MR) is 168 cm³/mol. The topological polar surface area (TPSA) is 90.3 Å². The van der Waals surface area contributed by atoms with E-state index in [1.807, 2.05) is 24.3 Å². The first-order chi connectivity index (χ1) is 20.0. The number of fused-ring (bicyclic) bond motifs is 1. The Bertz CT molecular complexity index is 1800. The van der Waals surface area contributed by atoms with Gasteiger partial charge in [0.1, 0.15) is 6.04 Å². The molecule has 0 aliphatic carbocycles. The quantitative estimate of drug-likeness (QED) is 0.252. The van der Waals surface area contributed by atoms with Crippen LogP contribution >= 0.6 is 11.9 Å². The second-order valence-corrected chi connectivity index (χ2v) is 14.0. The molecule has 214 valence electrons. The van der Waals surface area contributed by atoms with Crippen molar-refractivity contribution in [3.63, 3.8) is 0 Å². The fraction of sp³-hybridized carbons (Fsp3) is 0.235. The number of nitriles is 1. The van der Waals surface area contributed by atoms with Crippen LogP contribution in [0, 0.1) is 32.1 Å². The van der Waals surface area contributed by atoms with E-state index < -0.39 is 15.9 Å². The first-order valence-corrected chi connectivity index (χ1v) is 16.4. The smallest absolute Gasteiger partial charge is 0.238 e. The van der Waals surface area contributed by atoms with Gasteiger partial charge in [0.05, 0.1) is 16.5 Å². The molecule has 1 atom stereocenters. The molecular weight excluding hydrogens is 563 g/mol. The van der Waals surface area contributed by atoms with Crippen molar-refractivity contribution in [2.24, 2.45) is 0 Å². The molecule has 0 fully saturated rings. The molecule has 1 aliphatic rings. The molecule has 0 aromatic heterocycles. The van der Waals surface area contributed by atoms with E-state index in [2.05, 4.69) is 60.7 Å². The molecular formula is C34H33N3O3S2. The summed E-state index contributed by atoms with van der Waals surface area (Å²) in [5.74, 6) is -0.0811. The molecule has 1 heterocycles. The van der Waals surface area contributed by atoms with Gasteiger partial charge in [0.15, 0.2) is 9.84 Å². The normalized spacial score (nSPS) is 15.1. The van der Waals surface area contributed by atoms with Gasteiger partial charge in [0, 0.05) is 24.2 Å². The highest BCUT2D eigenvalue weighted by molar-refractivity contribution is 7.97. The number of rotatable bonds is 7. The van der Waals surface area contributed by atoms with Crippen molar-refractivity contribution in [3.05, 3.63) is 118 Å². The highest BCUT2D eigenvalue weighted by atomic mass is 32.2. The second kappa shape index (κ2) is 12.1. The van der Waals surface area contributed by atoms with Crippen LogP contribution in [0.15, 0.2) is 88.7 Å². The lowest BCUT2D eigenvalue weighted by atomic mass is 9.91. The van der Waals surface area contributed by atoms with Gasteiger partial charge in [-0.15, -0.1) is 0 Å². The Morgan fingerprint density at radius 3 is 2.38 bits per heavy atom. The standard InChI is InChI=1S/C34H33N3O3S2/c1-22-13-23(2)33(24(3)14-22)41-37-21-29-12-11-28(27-9-6-10-31(17-27)42(4,39)40)16-30(29)18-32(37)34(38)36-20-26-8-5-7-25(15-26)19-35/h5-17,32H,18,20-21H2,1-4H3,(H,36,38). The molecule has 1 amide bonds. The molecule has 0 radical (unpaired) electrons. The lowest BCUT2D eigenvalue weighted by molar-refractivity contribution is -0.125. The minimum absolute atomic E-state index is 0.0811. The van der Waals surface area contributed by atoms with Crippen LogP contribution in [0.2, 0.25) is 0 Å². The molecule has 0 saturated heterocycles. The molecule has 4 aromatic rings. The number of nitrogens with one attached hydrogen (secondary N) is 1. The number of amides is 1. The Balaban J connectivity index is 1.47. The van der Waals surface area contributed by atoms with Crippen molar-refractivity contribution in [1.29, 1.82) is 5.26 Å². The van der Waals surface area contributed by atoms with Gasteiger partial charge in [0.2, 0.25) is 5.91 Å². The number of hydrogen-bond donors (Lipinski definition) is 1. The van der Waals surface area contributed by atoms with E-state index in [1.165, 1.54) is 22.9 Å². The van der Waals surface area contributed by atoms with Crippen LogP contribution in [0.4, 0.5) is 0 Å². The van der Waals surface area contributed by atoms with Gasteiger partial charge in [0.25, 0.3) is 0 Å². The van der Waals surface area contributed by atoms with E-state index in [4.69, 9.17) is 0 Å². The predicted octanol–water partition coefficient (Wildman–Crippen LogP) is 6.30. The second-order valence-electron chi connectivity index (χ2n) is 10.9. The maximum Gasteiger partial charge on any atom is 0.238 e. The van der Waals surface area contributed by atoms with Crippen LogP contribution in [0.3, 0.4) is 0 Å². The molecule has 0 saturated carbocycles. The molecule has 6 nitrogen and oxygen atoms in total. The number of carbonyl (C=O) groups is 1. The Morgan fingerprint density at radius 2 is 1.67 bits per heavy atom. The third kappa shape index (κ3) is 6.60. The first kappa shape index (κ1) is 29.6. The molecule has 42 heavy (non-hydrogen) atoms. The minimum Gasteiger partial charge on any atom is -0.351 e. The van der Waals surface area contributed by atoms with E-state index in [1.54, 1.807) is 42.3 Å². The summed E-state index contributed by atoms with van der Waals surface area (Å²) in [7, 11) is -3.33. The van der Waals surface area contributed by atoms with Crippen LogP contribution in [0.5, 0.6) is 0 Å². The monoisotopic (exact) mass is 595 g/mol. The summed E-state index contributed by atoms with van der Waals surface area (Å²) in [4.78, 5) is 15.2. The number of benzene rings is 4. The van der Waals surface area contributed by atoms with Crippen molar-refractivity contribution >= 4 is 27.7 Å². The molecule has 1 N–H and O–H groups in total. The summed E-state index contributed by atoms with van der Waals surface area (Å²) < 4.78 is 26.5. The fourth-order valence-corrected chi connectivity index (χ4v) is 7.26. The summed E-state index contributed by atoms with van der Waals surface area (Å²) >= 11 is 1.62. The molecule has 8 heteroatoms. The maximum atomic E-state index is 13.8. The summed E-state index contributed by atoms with van der Waals surface area (Å²) in [5.41, 5.74) is 8.93. The van der Waals surface area contributed by atoms with Crippen molar-refractivity contribution < 1.29 is 13.2 Å². The number of nitrogens with zero attached hydrogens (tertiary/aromatic N) is 2. The third-order valence-electron chi connectivity index (χ3n) is 7.53. The minimum atomic E-state index is -3.33. The maximum absolute atomic E-state index is 13.8. The molecule has 1 aliphatic heterocycles. The summed E-state index contributed by atoms with van der Waals surface area (Å²) in [5, 5.41) is 12.4. The van der Waals surface area contributed by atoms with Crippen LogP contribution < -0.4 is 5.32 Å². The largest absolute Gasteiger partial charge is 0.351 e. The van der Waals surface area contributed by atoms with Crippen LogP contribution in [0.1, 0.15) is 38.9 Å². The zero-order valence-corrected chi connectivity index (χ0v) is 25.8. The summed E-state index contributed by atoms with van der Waals surface area (Å²) in [6, 6.07) is 26.5. The van der Waals surface area contributed by atoms with Gasteiger partial charge in [-0.25, -0.2) is 12.7 Å². The van der Waals surface area contributed by atoms with E-state index >= 15 is 0 Å². The average molecular weight is 596 g/mol. The van der Waals surface area contributed by atoms with Gasteiger partial charge < -0.3 is 5.32 Å². The first-order valence-electron chi connectivity index (χ1n) is 13.7. The number of aryl methyl sites for hydroxylation is 3. The van der Waals surface area contributed by atoms with Crippen LogP contribution in [0.25, 0.3) is 11.1 Å². The van der Waals surface area contributed by atoms with E-state index in [0.29, 0.717) is 25.1 Å². The van der Waals surface area contributed by atoms with Crippen molar-refractivity contribution in [2.45, 2.75) is 56.1 Å². The zero-order valence-electron chi connectivity index (χ0n) is 24.1. The van der Waals surface area contributed by atoms with E-state index in [-0.39, 0.29) is 10.8 Å². The van der Waals surface area contributed by atoms with Gasteiger partial charge in [-0.3, -0.25) is 4.79 Å². The van der Waals surface area contributed by atoms with Gasteiger partial charge in [-0.1, -0.05) is 60.2 Å². The summed E-state index contributed by atoms with van der Waals surface area (Å²) in [6.45, 7) is 7.21. The Hall–Kier alpha value is -3.90. The number of carbonyl (C=O) groups excluding carboxylic acids is 1. The van der Waals surface area contributed by atoms with Gasteiger partial charge in [-0.05, 0) is 102 Å². The highest BCUT2D eigenvalue weighted by Gasteiger charge is 2.33. The molecule has 0 spiro atoms. The van der Waals surface area contributed by atoms with Crippen LogP contribution in [-0.4, -0.2) is 30.9 Å². The zero-order chi connectivity index (χ0) is 30.0. The van der Waals surface area contributed by atoms with Gasteiger partial charge in [-0.2, -0.15) is 5.26 Å². The Morgan fingerprint density at radius 1 is 0.952 bits per heavy atom. The van der Waals surface area contributed by atoms with Crippen molar-refractivity contribution in [3.8, 4) is 17.2 Å². The number of sulfone groups is 1. The molecule has 5 rings (SSSR count).